The van der Waals surface area contributed by atoms with Gasteiger partial charge in [0.15, 0.2) is 11.6 Å². The van der Waals surface area contributed by atoms with Gasteiger partial charge in [0.25, 0.3) is 0 Å². The Labute approximate surface area is 412 Å². The van der Waals surface area contributed by atoms with Gasteiger partial charge in [0.1, 0.15) is 28.8 Å². The van der Waals surface area contributed by atoms with E-state index < -0.39 is 17.0 Å². The van der Waals surface area contributed by atoms with E-state index in [2.05, 4.69) is 57.0 Å². The Kier molecular flexibility index (Phi) is 12.3. The lowest BCUT2D eigenvalue weighted by molar-refractivity contribution is 0.0130. The summed E-state index contributed by atoms with van der Waals surface area (Å²) in [6.07, 6.45) is 1.03. The molecular weight excluding hydrogens is 893 g/mol. The van der Waals surface area contributed by atoms with E-state index in [0.29, 0.717) is 52.3 Å². The summed E-state index contributed by atoms with van der Waals surface area (Å²) in [6, 6.07) is 56.6. The van der Waals surface area contributed by atoms with Gasteiger partial charge in [-0.25, -0.2) is 28.8 Å². The molecule has 0 unspecified atom stereocenters. The van der Waals surface area contributed by atoms with Crippen molar-refractivity contribution in [2.24, 2.45) is 4.99 Å². The first-order chi connectivity index (χ1) is 33.8. The molecule has 9 aromatic rings. The topological polar surface area (TPSA) is 88.7 Å². The van der Waals surface area contributed by atoms with E-state index in [1.807, 2.05) is 163 Å². The molecular formula is C59H53ClFN7O2. The smallest absolute Gasteiger partial charge is 0.410 e. The molecule has 0 N–H and O–H groups in total. The second-order valence-electron chi connectivity index (χ2n) is 19.0. The highest BCUT2D eigenvalue weighted by Crippen LogP contribution is 2.49. The number of hydrogen-bond donors (Lipinski definition) is 0. The van der Waals surface area contributed by atoms with E-state index >= 15 is 4.39 Å². The molecule has 7 aromatic carbocycles. The maximum Gasteiger partial charge on any atom is 0.410 e. The van der Waals surface area contributed by atoms with Gasteiger partial charge < -0.3 is 14.5 Å². The van der Waals surface area contributed by atoms with Crippen LogP contribution in [0.4, 0.5) is 20.8 Å². The van der Waals surface area contributed by atoms with Crippen molar-refractivity contribution in [2.75, 3.05) is 18.0 Å². The van der Waals surface area contributed by atoms with Gasteiger partial charge in [-0.05, 0) is 75.9 Å². The number of ether oxygens (including phenoxy) is 1. The summed E-state index contributed by atoms with van der Waals surface area (Å²) in [5.41, 5.74) is 6.02. The first kappa shape index (κ1) is 46.1. The van der Waals surface area contributed by atoms with Gasteiger partial charge in [0.2, 0.25) is 0 Å². The third-order valence-electron chi connectivity index (χ3n) is 13.2. The zero-order valence-electron chi connectivity index (χ0n) is 40.0. The zero-order valence-corrected chi connectivity index (χ0v) is 40.8. The maximum atomic E-state index is 18.2. The molecule has 1 amide bonds. The summed E-state index contributed by atoms with van der Waals surface area (Å²) in [5.74, 6) is 0.319. The highest BCUT2D eigenvalue weighted by atomic mass is 35.5. The Morgan fingerprint density at radius 2 is 1.23 bits per heavy atom. The van der Waals surface area contributed by atoms with Crippen molar-refractivity contribution >= 4 is 56.8 Å². The van der Waals surface area contributed by atoms with Gasteiger partial charge in [-0.1, -0.05) is 169 Å². The molecule has 0 spiro atoms. The molecule has 11 heteroatoms. The molecule has 0 radical (unpaired) electrons. The van der Waals surface area contributed by atoms with Crippen LogP contribution >= 0.6 is 11.6 Å². The number of amides is 1. The molecule has 1 aliphatic heterocycles. The number of aryl methyl sites for hydroxylation is 1. The molecule has 0 aliphatic carbocycles. The Hall–Kier alpha value is -7.69. The molecule has 70 heavy (non-hydrogen) atoms. The molecule has 0 bridgehead atoms. The minimum atomic E-state index is -1.04. The van der Waals surface area contributed by atoms with Crippen LogP contribution in [-0.4, -0.2) is 67.2 Å². The lowest BCUT2D eigenvalue weighted by Crippen LogP contribution is -2.59. The number of fused-ring (bicyclic) bond motifs is 2. The van der Waals surface area contributed by atoms with E-state index in [1.165, 1.54) is 6.33 Å². The van der Waals surface area contributed by atoms with Crippen molar-refractivity contribution in [3.63, 3.8) is 0 Å². The summed E-state index contributed by atoms with van der Waals surface area (Å²) in [7, 11) is 0. The van der Waals surface area contributed by atoms with Crippen molar-refractivity contribution < 1.29 is 13.9 Å². The van der Waals surface area contributed by atoms with Crippen LogP contribution in [0, 0.1) is 12.7 Å². The summed E-state index contributed by atoms with van der Waals surface area (Å²) >= 11 is 7.51. The van der Waals surface area contributed by atoms with Crippen LogP contribution in [0.5, 0.6) is 0 Å². The summed E-state index contributed by atoms with van der Waals surface area (Å²) < 4.78 is 26.0. The van der Waals surface area contributed by atoms with Gasteiger partial charge in [0, 0.05) is 52.8 Å². The van der Waals surface area contributed by atoms with Crippen LogP contribution < -0.4 is 4.90 Å². The lowest BCUT2D eigenvalue weighted by atomic mass is 9.77. The average molecular weight is 947 g/mol. The number of anilines is 1. The largest absolute Gasteiger partial charge is 0.444 e. The van der Waals surface area contributed by atoms with Gasteiger partial charge in [0.05, 0.1) is 21.6 Å². The van der Waals surface area contributed by atoms with Crippen molar-refractivity contribution in [3.05, 3.63) is 220 Å². The highest BCUT2D eigenvalue weighted by molar-refractivity contribution is 6.35. The average Bonchev–Trinajstić information content (AvgIpc) is 3.73. The van der Waals surface area contributed by atoms with Gasteiger partial charge in [-0.3, -0.25) is 0 Å². The van der Waals surface area contributed by atoms with Crippen LogP contribution in [0.2, 0.25) is 5.02 Å². The predicted octanol–water partition coefficient (Wildman–Crippen LogP) is 13.6. The number of aliphatic imine (C=N–C) groups is 1. The number of benzene rings is 7. The Morgan fingerprint density at radius 1 is 0.700 bits per heavy atom. The van der Waals surface area contributed by atoms with Gasteiger partial charge in [-0.2, -0.15) is 5.10 Å². The second-order valence-corrected chi connectivity index (χ2v) is 19.4. The molecule has 10 rings (SSSR count). The minimum absolute atomic E-state index is 0.120. The normalized spacial score (nSPS) is 15.3. The van der Waals surface area contributed by atoms with Crippen LogP contribution in [0.3, 0.4) is 0 Å². The Morgan fingerprint density at radius 3 is 1.76 bits per heavy atom. The van der Waals surface area contributed by atoms with E-state index in [9.17, 15) is 4.79 Å². The molecule has 350 valence electrons. The monoisotopic (exact) mass is 945 g/mol. The fraction of sp³-hybridized carbons (Fsp3) is 0.203. The maximum absolute atomic E-state index is 18.2. The van der Waals surface area contributed by atoms with Gasteiger partial charge in [-0.15, -0.1) is 0 Å². The van der Waals surface area contributed by atoms with E-state index in [4.69, 9.17) is 31.4 Å². The van der Waals surface area contributed by atoms with Crippen LogP contribution in [-0.2, 0) is 10.3 Å². The Balaban J connectivity index is 1.25. The summed E-state index contributed by atoms with van der Waals surface area (Å²) in [5, 5.41) is 6.91. The number of rotatable bonds is 9. The first-order valence-corrected chi connectivity index (χ1v) is 24.0. The molecule has 2 atom stereocenters. The fourth-order valence-electron chi connectivity index (χ4n) is 10.0. The Bertz CT molecular complexity index is 3240. The molecule has 1 fully saturated rings. The number of hydrogen-bond acceptors (Lipinski definition) is 7. The van der Waals surface area contributed by atoms with Crippen LogP contribution in [0.1, 0.15) is 68.0 Å². The van der Waals surface area contributed by atoms with Crippen molar-refractivity contribution in [1.82, 2.24) is 24.6 Å². The van der Waals surface area contributed by atoms with E-state index in [1.54, 1.807) is 11.0 Å². The number of halogens is 2. The summed E-state index contributed by atoms with van der Waals surface area (Å²) in [4.78, 5) is 32.0. The van der Waals surface area contributed by atoms with Crippen molar-refractivity contribution in [2.45, 2.75) is 64.8 Å². The third-order valence-corrected chi connectivity index (χ3v) is 13.5. The van der Waals surface area contributed by atoms with Crippen LogP contribution in [0.15, 0.2) is 181 Å². The van der Waals surface area contributed by atoms with Gasteiger partial charge >= 0.3 is 6.09 Å². The second kappa shape index (κ2) is 18.7. The number of aromatic nitrogens is 4. The van der Waals surface area contributed by atoms with Crippen molar-refractivity contribution in [1.29, 1.82) is 0 Å². The number of carbonyl (C=O) groups is 1. The summed E-state index contributed by atoms with van der Waals surface area (Å²) in [6.45, 7) is 12.4. The fourth-order valence-corrected chi connectivity index (χ4v) is 10.3. The van der Waals surface area contributed by atoms with E-state index in [0.717, 1.165) is 33.4 Å². The minimum Gasteiger partial charge on any atom is -0.444 e. The van der Waals surface area contributed by atoms with Crippen molar-refractivity contribution in [3.8, 4) is 11.1 Å². The SMILES string of the molecule is Cc1ccc2c(c(N=C(c3ccccc3)c3ccccc3)nn2C(c2ccccc2)(c2ccccc2)c2ccccc2)c1-c1c(Cl)cc2c(N3C[C@@H](C)N(C(=O)OC(C)(C)C)C[C@@H]3C)ncnc2c1F. The molecule has 1 aliphatic rings. The molecule has 2 aromatic heterocycles. The zero-order chi connectivity index (χ0) is 48.7. The van der Waals surface area contributed by atoms with E-state index in [-0.39, 0.29) is 34.3 Å². The first-order valence-electron chi connectivity index (χ1n) is 23.6. The molecule has 3 heterocycles. The lowest BCUT2D eigenvalue weighted by Gasteiger charge is -2.44. The standard InChI is InChI=1S/C59H53ClFN7O2/c1-38-32-33-48-51(49(38)50-47(60)34-46-54(52(50)61)62-37-63-56(46)66-35-40(3)67(36-39(66)2)57(69)70-58(4,5)6)55(64-53(41-22-12-7-13-23-41)42-24-14-8-15-25-42)65-68(48)59(43-26-16-9-17-27-43,44-28-18-10-19-29-44)45-30-20-11-21-31-45/h7-34,37,39-40H,35-36H2,1-6H3/t39-,40+/m0/s1. The number of carbonyl (C=O) groups excluding carboxylic acids is 1. The number of piperazine rings is 1. The highest BCUT2D eigenvalue weighted by Gasteiger charge is 2.42. The van der Waals surface area contributed by atoms with Crippen LogP contribution in [0.25, 0.3) is 32.9 Å². The number of nitrogens with zero attached hydrogens (tertiary/aromatic N) is 7. The molecule has 1 saturated heterocycles. The molecule has 9 nitrogen and oxygen atoms in total. The predicted molar refractivity (Wildman–Crippen MR) is 280 cm³/mol. The third kappa shape index (κ3) is 8.26. The molecule has 0 saturated carbocycles. The quantitative estimate of drug-likeness (QED) is 0.106.